The Morgan fingerprint density at radius 2 is 1.79 bits per heavy atom. The summed E-state index contributed by atoms with van der Waals surface area (Å²) in [6.07, 6.45) is 3.95. The zero-order chi connectivity index (χ0) is 27.5. The van der Waals surface area contributed by atoms with Crippen LogP contribution in [0.4, 0.5) is 5.82 Å². The molecular formula is C30H34N4O5. The monoisotopic (exact) mass is 530 g/mol. The van der Waals surface area contributed by atoms with Gasteiger partial charge >= 0.3 is 11.7 Å². The minimum Gasteiger partial charge on any atom is -0.488 e. The minimum absolute atomic E-state index is 0.0361. The largest absolute Gasteiger partial charge is 0.488 e. The van der Waals surface area contributed by atoms with Crippen molar-refractivity contribution in [1.29, 1.82) is 0 Å². The molecule has 0 amide bonds. The number of rotatable bonds is 6. The van der Waals surface area contributed by atoms with Gasteiger partial charge in [-0.3, -0.25) is 18.7 Å². The van der Waals surface area contributed by atoms with Crippen LogP contribution in [0.3, 0.4) is 0 Å². The maximum Gasteiger partial charge on any atom is 0.332 e. The van der Waals surface area contributed by atoms with Gasteiger partial charge in [-0.05, 0) is 53.8 Å². The molecule has 0 atom stereocenters. The summed E-state index contributed by atoms with van der Waals surface area (Å²) < 4.78 is 8.78. The third-order valence-corrected chi connectivity index (χ3v) is 7.59. The average molecular weight is 531 g/mol. The van der Waals surface area contributed by atoms with Crippen molar-refractivity contribution in [3.63, 3.8) is 0 Å². The Balaban J connectivity index is 1.34. The smallest absolute Gasteiger partial charge is 0.332 e. The SMILES string of the molecule is Cn1c(N2CCCN(CC/C=C3\c4ccccc4COc4ccc(CC(=O)O)cc43)CC2)cc(=O)n(C)c1=O. The van der Waals surface area contributed by atoms with Crippen molar-refractivity contribution in [2.24, 2.45) is 14.1 Å². The van der Waals surface area contributed by atoms with Crippen LogP contribution in [0.2, 0.25) is 0 Å². The highest BCUT2D eigenvalue weighted by molar-refractivity contribution is 5.85. The van der Waals surface area contributed by atoms with E-state index in [1.165, 1.54) is 7.05 Å². The summed E-state index contributed by atoms with van der Waals surface area (Å²) in [5.74, 6) is 0.564. The number of anilines is 1. The van der Waals surface area contributed by atoms with Gasteiger partial charge in [0.05, 0.1) is 6.42 Å². The second-order valence-corrected chi connectivity index (χ2v) is 10.2. The predicted octanol–water partition coefficient (Wildman–Crippen LogP) is 2.64. The summed E-state index contributed by atoms with van der Waals surface area (Å²) >= 11 is 0. The summed E-state index contributed by atoms with van der Waals surface area (Å²) in [7, 11) is 3.21. The van der Waals surface area contributed by atoms with E-state index in [0.29, 0.717) is 12.4 Å². The van der Waals surface area contributed by atoms with E-state index in [1.54, 1.807) is 17.7 Å². The fourth-order valence-corrected chi connectivity index (χ4v) is 5.47. The number of aliphatic carboxylic acids is 1. The Morgan fingerprint density at radius 3 is 2.62 bits per heavy atom. The Labute approximate surface area is 227 Å². The van der Waals surface area contributed by atoms with Crippen molar-refractivity contribution in [2.45, 2.75) is 25.9 Å². The zero-order valence-corrected chi connectivity index (χ0v) is 22.4. The third kappa shape index (κ3) is 5.68. The molecule has 3 heterocycles. The van der Waals surface area contributed by atoms with E-state index in [9.17, 15) is 19.5 Å². The standard InChI is InChI=1S/C30H34N4O5/c1-31-27(19-28(35)32(2)30(31)38)34-14-6-13-33(15-16-34)12-5-9-24-23-8-4-3-7-22(23)20-39-26-11-10-21(17-25(24)26)18-29(36)37/h3-4,7-11,17,19H,5-6,12-16,18,20H2,1-2H3,(H,36,37)/b24-9+. The van der Waals surface area contributed by atoms with E-state index in [2.05, 4.69) is 28.0 Å². The first-order chi connectivity index (χ1) is 18.8. The fraction of sp³-hybridized carbons (Fsp3) is 0.367. The number of hydrogen-bond donors (Lipinski definition) is 1. The Morgan fingerprint density at radius 1 is 0.974 bits per heavy atom. The molecule has 1 saturated heterocycles. The van der Waals surface area contributed by atoms with Gasteiger partial charge in [-0.1, -0.05) is 36.4 Å². The Bertz CT molecular complexity index is 1540. The van der Waals surface area contributed by atoms with Gasteiger partial charge < -0.3 is 19.6 Å². The van der Waals surface area contributed by atoms with E-state index in [4.69, 9.17) is 4.74 Å². The molecule has 0 radical (unpaired) electrons. The summed E-state index contributed by atoms with van der Waals surface area (Å²) in [5, 5.41) is 9.32. The van der Waals surface area contributed by atoms with Crippen LogP contribution in [0.15, 0.2) is 64.2 Å². The molecule has 0 spiro atoms. The minimum atomic E-state index is -0.860. The maximum atomic E-state index is 12.4. The van der Waals surface area contributed by atoms with Crippen LogP contribution in [0, 0.1) is 0 Å². The number of carboxylic acid groups (broad SMARTS) is 1. The highest BCUT2D eigenvalue weighted by Crippen LogP contribution is 2.37. The van der Waals surface area contributed by atoms with Gasteiger partial charge in [0.1, 0.15) is 18.2 Å². The van der Waals surface area contributed by atoms with E-state index in [0.717, 1.165) is 83.7 Å². The first-order valence-corrected chi connectivity index (χ1v) is 13.3. The molecule has 2 aromatic carbocycles. The van der Waals surface area contributed by atoms with Gasteiger partial charge in [0.2, 0.25) is 0 Å². The van der Waals surface area contributed by atoms with Crippen molar-refractivity contribution in [1.82, 2.24) is 14.0 Å². The molecule has 2 aliphatic heterocycles. The Kier molecular flexibility index (Phi) is 7.70. The summed E-state index contributed by atoms with van der Waals surface area (Å²) in [6.45, 7) is 4.59. The van der Waals surface area contributed by atoms with Gasteiger partial charge in [-0.2, -0.15) is 0 Å². The number of aromatic nitrogens is 2. The van der Waals surface area contributed by atoms with Gasteiger partial charge in [0.15, 0.2) is 0 Å². The lowest BCUT2D eigenvalue weighted by atomic mass is 9.92. The van der Waals surface area contributed by atoms with Crippen molar-refractivity contribution < 1.29 is 14.6 Å². The molecule has 0 saturated carbocycles. The average Bonchev–Trinajstić information content (AvgIpc) is 3.25. The molecule has 1 fully saturated rings. The van der Waals surface area contributed by atoms with Crippen LogP contribution in [0.25, 0.3) is 5.57 Å². The van der Waals surface area contributed by atoms with E-state index in [1.807, 2.05) is 30.3 Å². The molecule has 1 N–H and O–H groups in total. The van der Waals surface area contributed by atoms with Crippen molar-refractivity contribution >= 4 is 17.4 Å². The van der Waals surface area contributed by atoms with Crippen LogP contribution >= 0.6 is 0 Å². The van der Waals surface area contributed by atoms with Crippen molar-refractivity contribution in [3.8, 4) is 5.75 Å². The summed E-state index contributed by atoms with van der Waals surface area (Å²) in [6, 6.07) is 15.4. The van der Waals surface area contributed by atoms with Gasteiger partial charge in [0.25, 0.3) is 5.56 Å². The van der Waals surface area contributed by atoms with Crippen LogP contribution < -0.4 is 20.9 Å². The molecule has 0 bridgehead atoms. The first kappa shape index (κ1) is 26.5. The quantitative estimate of drug-likeness (QED) is 0.523. The van der Waals surface area contributed by atoms with Crippen LogP contribution in [0.5, 0.6) is 5.75 Å². The fourth-order valence-electron chi connectivity index (χ4n) is 5.47. The van der Waals surface area contributed by atoms with Crippen LogP contribution in [0.1, 0.15) is 35.1 Å². The molecule has 1 aromatic heterocycles. The topological polar surface area (TPSA) is 97.0 Å². The lowest BCUT2D eigenvalue weighted by Gasteiger charge is -2.25. The van der Waals surface area contributed by atoms with E-state index < -0.39 is 5.97 Å². The number of benzene rings is 2. The third-order valence-electron chi connectivity index (χ3n) is 7.59. The van der Waals surface area contributed by atoms with E-state index >= 15 is 0 Å². The summed E-state index contributed by atoms with van der Waals surface area (Å²) in [4.78, 5) is 40.5. The number of nitrogens with zero attached hydrogens (tertiary/aromatic N) is 4. The first-order valence-electron chi connectivity index (χ1n) is 13.3. The number of carbonyl (C=O) groups is 1. The Hall–Kier alpha value is -4.11. The molecule has 9 heteroatoms. The van der Waals surface area contributed by atoms with Gasteiger partial charge in [-0.25, -0.2) is 4.79 Å². The highest BCUT2D eigenvalue weighted by Gasteiger charge is 2.21. The number of carboxylic acids is 1. The lowest BCUT2D eigenvalue weighted by Crippen LogP contribution is -2.41. The highest BCUT2D eigenvalue weighted by atomic mass is 16.5. The number of fused-ring (bicyclic) bond motifs is 2. The lowest BCUT2D eigenvalue weighted by molar-refractivity contribution is -0.136. The van der Waals surface area contributed by atoms with E-state index in [-0.39, 0.29) is 17.7 Å². The second kappa shape index (κ2) is 11.3. The molecule has 0 unspecified atom stereocenters. The van der Waals surface area contributed by atoms with Crippen LogP contribution in [-0.4, -0.2) is 57.8 Å². The maximum absolute atomic E-state index is 12.4. The van der Waals surface area contributed by atoms with Crippen molar-refractivity contribution in [2.75, 3.05) is 37.6 Å². The molecule has 39 heavy (non-hydrogen) atoms. The molecular weight excluding hydrogens is 496 g/mol. The molecule has 9 nitrogen and oxygen atoms in total. The van der Waals surface area contributed by atoms with Crippen molar-refractivity contribution in [3.05, 3.63) is 97.7 Å². The van der Waals surface area contributed by atoms with Crippen LogP contribution in [-0.2, 0) is 31.9 Å². The number of ether oxygens (including phenoxy) is 1. The number of hydrogen-bond acceptors (Lipinski definition) is 6. The molecule has 204 valence electrons. The molecule has 3 aromatic rings. The summed E-state index contributed by atoms with van der Waals surface area (Å²) in [5.41, 5.74) is 4.34. The normalized spacial score (nSPS) is 16.7. The molecule has 5 rings (SSSR count). The van der Waals surface area contributed by atoms with Gasteiger partial charge in [-0.15, -0.1) is 0 Å². The molecule has 2 aliphatic rings. The molecule has 0 aliphatic carbocycles. The second-order valence-electron chi connectivity index (χ2n) is 10.2. The van der Waals surface area contributed by atoms with Gasteiger partial charge in [0, 0.05) is 51.9 Å². The predicted molar refractivity (Wildman–Crippen MR) is 150 cm³/mol. The zero-order valence-electron chi connectivity index (χ0n) is 22.4.